The minimum Gasteiger partial charge on any atom is -0.383 e. The maximum Gasteiger partial charge on any atom is 0.251 e. The number of rotatable bonds is 4. The second-order valence-electron chi connectivity index (χ2n) is 4.11. The van der Waals surface area contributed by atoms with Crippen LogP contribution in [0.15, 0.2) is 17.6 Å². The smallest absolute Gasteiger partial charge is 0.251 e. The van der Waals surface area contributed by atoms with Crippen molar-refractivity contribution in [2.24, 2.45) is 0 Å². The summed E-state index contributed by atoms with van der Waals surface area (Å²) in [5, 5.41) is 5.02. The van der Waals surface area contributed by atoms with E-state index < -0.39 is 17.5 Å². The molecule has 0 aliphatic carbocycles. The van der Waals surface area contributed by atoms with E-state index in [9.17, 15) is 13.6 Å². The van der Waals surface area contributed by atoms with Crippen molar-refractivity contribution in [1.29, 1.82) is 0 Å². The minimum atomic E-state index is -0.799. The standard InChI is InChI=1S/C13H13F2N3OS/c1-7-11(20-6-18-7)5-17-13(19)8-3-9(14)12(16-2)10(15)4-8/h3-4,6,16H,5H2,1-2H3,(H,17,19). The van der Waals surface area contributed by atoms with Gasteiger partial charge in [-0.2, -0.15) is 0 Å². The van der Waals surface area contributed by atoms with E-state index in [2.05, 4.69) is 15.6 Å². The molecule has 4 nitrogen and oxygen atoms in total. The minimum absolute atomic E-state index is 0.0545. The summed E-state index contributed by atoms with van der Waals surface area (Å²) < 4.78 is 27.1. The van der Waals surface area contributed by atoms with E-state index in [0.29, 0.717) is 0 Å². The number of anilines is 1. The molecule has 0 aliphatic rings. The Morgan fingerprint density at radius 1 is 1.35 bits per heavy atom. The number of nitrogens with one attached hydrogen (secondary N) is 2. The molecule has 2 aromatic rings. The Balaban J connectivity index is 2.12. The van der Waals surface area contributed by atoms with Gasteiger partial charge in [-0.15, -0.1) is 11.3 Å². The first-order valence-corrected chi connectivity index (χ1v) is 6.75. The molecule has 0 fully saturated rings. The van der Waals surface area contributed by atoms with E-state index in [1.807, 2.05) is 6.92 Å². The number of thiazole rings is 1. The van der Waals surface area contributed by atoms with Crippen LogP contribution in [-0.4, -0.2) is 17.9 Å². The van der Waals surface area contributed by atoms with Crippen molar-refractivity contribution in [3.05, 3.63) is 45.4 Å². The van der Waals surface area contributed by atoms with Gasteiger partial charge in [0, 0.05) is 17.5 Å². The highest BCUT2D eigenvalue weighted by Crippen LogP contribution is 2.20. The van der Waals surface area contributed by atoms with E-state index in [1.165, 1.54) is 18.4 Å². The van der Waals surface area contributed by atoms with Crippen LogP contribution in [0.5, 0.6) is 0 Å². The molecule has 0 bridgehead atoms. The predicted molar refractivity (Wildman–Crippen MR) is 73.9 cm³/mol. The van der Waals surface area contributed by atoms with Gasteiger partial charge < -0.3 is 10.6 Å². The average Bonchev–Trinajstić information content (AvgIpc) is 2.81. The number of carbonyl (C=O) groups is 1. The third-order valence-corrected chi connectivity index (χ3v) is 3.74. The number of halogens is 2. The lowest BCUT2D eigenvalue weighted by atomic mass is 10.1. The fourth-order valence-corrected chi connectivity index (χ4v) is 2.42. The number of carbonyl (C=O) groups excluding carboxylic acids is 1. The Hall–Kier alpha value is -2.02. The molecule has 2 rings (SSSR count). The van der Waals surface area contributed by atoms with Gasteiger partial charge in [0.25, 0.3) is 5.91 Å². The highest BCUT2D eigenvalue weighted by atomic mass is 32.1. The Labute approximate surface area is 118 Å². The SMILES string of the molecule is CNc1c(F)cc(C(=O)NCc2scnc2C)cc1F. The molecule has 106 valence electrons. The highest BCUT2D eigenvalue weighted by molar-refractivity contribution is 7.09. The average molecular weight is 297 g/mol. The molecule has 0 radical (unpaired) electrons. The predicted octanol–water partition coefficient (Wildman–Crippen LogP) is 2.70. The van der Waals surface area contributed by atoms with E-state index >= 15 is 0 Å². The van der Waals surface area contributed by atoms with Gasteiger partial charge in [0.15, 0.2) is 0 Å². The summed E-state index contributed by atoms with van der Waals surface area (Å²) in [6.07, 6.45) is 0. The van der Waals surface area contributed by atoms with Crippen molar-refractivity contribution >= 4 is 22.9 Å². The molecule has 0 atom stereocenters. The first-order chi connectivity index (χ1) is 9.52. The second-order valence-corrected chi connectivity index (χ2v) is 5.05. The maximum atomic E-state index is 13.6. The third kappa shape index (κ3) is 2.93. The van der Waals surface area contributed by atoms with Crippen LogP contribution in [0.4, 0.5) is 14.5 Å². The zero-order valence-electron chi connectivity index (χ0n) is 11.0. The molecule has 2 N–H and O–H groups in total. The van der Waals surface area contributed by atoms with Crippen LogP contribution in [0.3, 0.4) is 0 Å². The van der Waals surface area contributed by atoms with E-state index in [-0.39, 0.29) is 17.8 Å². The summed E-state index contributed by atoms with van der Waals surface area (Å²) in [5.41, 5.74) is 2.21. The van der Waals surface area contributed by atoms with Crippen LogP contribution in [0, 0.1) is 18.6 Å². The molecule has 0 saturated carbocycles. The Morgan fingerprint density at radius 2 is 2.00 bits per heavy atom. The fraction of sp³-hybridized carbons (Fsp3) is 0.231. The van der Waals surface area contributed by atoms with Crippen molar-refractivity contribution in [3.8, 4) is 0 Å². The zero-order valence-corrected chi connectivity index (χ0v) is 11.8. The fourth-order valence-electron chi connectivity index (χ4n) is 1.70. The summed E-state index contributed by atoms with van der Waals surface area (Å²) >= 11 is 1.42. The van der Waals surface area contributed by atoms with Crippen molar-refractivity contribution < 1.29 is 13.6 Å². The van der Waals surface area contributed by atoms with Gasteiger partial charge in [-0.1, -0.05) is 0 Å². The molecule has 0 unspecified atom stereocenters. The van der Waals surface area contributed by atoms with Crippen molar-refractivity contribution in [1.82, 2.24) is 10.3 Å². The summed E-state index contributed by atoms with van der Waals surface area (Å²) in [4.78, 5) is 16.8. The van der Waals surface area contributed by atoms with Crippen LogP contribution in [0.2, 0.25) is 0 Å². The number of nitrogens with zero attached hydrogens (tertiary/aromatic N) is 1. The third-order valence-electron chi connectivity index (χ3n) is 2.81. The van der Waals surface area contributed by atoms with Gasteiger partial charge in [0.05, 0.1) is 17.7 Å². The van der Waals surface area contributed by atoms with Gasteiger partial charge in [-0.25, -0.2) is 13.8 Å². The molecule has 1 heterocycles. The van der Waals surface area contributed by atoms with Crippen molar-refractivity contribution in [2.45, 2.75) is 13.5 Å². The molecular weight excluding hydrogens is 284 g/mol. The topological polar surface area (TPSA) is 54.0 Å². The summed E-state index contributed by atoms with van der Waals surface area (Å²) in [6, 6.07) is 2.01. The number of benzene rings is 1. The molecular formula is C13H13F2N3OS. The largest absolute Gasteiger partial charge is 0.383 e. The van der Waals surface area contributed by atoms with Crippen LogP contribution >= 0.6 is 11.3 Å². The first-order valence-electron chi connectivity index (χ1n) is 5.87. The Bertz CT molecular complexity index is 619. The highest BCUT2D eigenvalue weighted by Gasteiger charge is 2.14. The Kier molecular flexibility index (Phi) is 4.29. The summed E-state index contributed by atoms with van der Waals surface area (Å²) in [7, 11) is 1.41. The Morgan fingerprint density at radius 3 is 2.50 bits per heavy atom. The molecule has 1 amide bonds. The lowest BCUT2D eigenvalue weighted by molar-refractivity contribution is 0.0950. The van der Waals surface area contributed by atoms with Gasteiger partial charge in [-0.3, -0.25) is 4.79 Å². The normalized spacial score (nSPS) is 10.4. The number of hydrogen-bond donors (Lipinski definition) is 2. The van der Waals surface area contributed by atoms with Crippen LogP contribution in [0.25, 0.3) is 0 Å². The van der Waals surface area contributed by atoms with Crippen molar-refractivity contribution in [3.63, 3.8) is 0 Å². The number of aryl methyl sites for hydroxylation is 1. The summed E-state index contributed by atoms with van der Waals surface area (Å²) in [6.45, 7) is 2.12. The van der Waals surface area contributed by atoms with Gasteiger partial charge in [0.1, 0.15) is 17.3 Å². The zero-order chi connectivity index (χ0) is 14.7. The van der Waals surface area contributed by atoms with Gasteiger partial charge >= 0.3 is 0 Å². The lowest BCUT2D eigenvalue weighted by Gasteiger charge is -2.08. The first kappa shape index (κ1) is 14.4. The molecule has 7 heteroatoms. The number of aromatic nitrogens is 1. The van der Waals surface area contributed by atoms with Crippen molar-refractivity contribution in [2.75, 3.05) is 12.4 Å². The summed E-state index contributed by atoms with van der Waals surface area (Å²) in [5.74, 6) is -2.13. The molecule has 20 heavy (non-hydrogen) atoms. The molecule has 1 aromatic heterocycles. The van der Waals surface area contributed by atoms with E-state index in [1.54, 1.807) is 5.51 Å². The van der Waals surface area contributed by atoms with Gasteiger partial charge in [-0.05, 0) is 19.1 Å². The van der Waals surface area contributed by atoms with E-state index in [4.69, 9.17) is 0 Å². The quantitative estimate of drug-likeness (QED) is 0.912. The van der Waals surface area contributed by atoms with E-state index in [0.717, 1.165) is 22.7 Å². The molecule has 0 saturated heterocycles. The monoisotopic (exact) mass is 297 g/mol. The van der Waals surface area contributed by atoms with Crippen LogP contribution in [0.1, 0.15) is 20.9 Å². The molecule has 1 aromatic carbocycles. The maximum absolute atomic E-state index is 13.6. The van der Waals surface area contributed by atoms with Crippen LogP contribution < -0.4 is 10.6 Å². The lowest BCUT2D eigenvalue weighted by Crippen LogP contribution is -2.23. The number of amides is 1. The second kappa shape index (κ2) is 5.96. The molecule has 0 spiro atoms. The van der Waals surface area contributed by atoms with Crippen LogP contribution in [-0.2, 0) is 6.54 Å². The van der Waals surface area contributed by atoms with Gasteiger partial charge in [0.2, 0.25) is 0 Å². The number of hydrogen-bond acceptors (Lipinski definition) is 4. The molecule has 0 aliphatic heterocycles.